The lowest BCUT2D eigenvalue weighted by Gasteiger charge is -2.17. The molecule has 4 rings (SSSR count). The Morgan fingerprint density at radius 3 is 2.70 bits per heavy atom. The third kappa shape index (κ3) is 2.53. The number of benzene rings is 1. The first kappa shape index (κ1) is 13.8. The fourth-order valence-corrected chi connectivity index (χ4v) is 3.54. The average Bonchev–Trinajstić information content (AvgIpc) is 2.99. The zero-order chi connectivity index (χ0) is 12.7. The van der Waals surface area contributed by atoms with Gasteiger partial charge in [-0.05, 0) is 42.6 Å². The molecule has 1 aromatic carbocycles. The van der Waals surface area contributed by atoms with Gasteiger partial charge in [0.1, 0.15) is 0 Å². The van der Waals surface area contributed by atoms with Gasteiger partial charge in [-0.25, -0.2) is 0 Å². The van der Waals surface area contributed by atoms with Crippen molar-refractivity contribution in [3.05, 3.63) is 42.1 Å². The Labute approximate surface area is 125 Å². The van der Waals surface area contributed by atoms with Crippen LogP contribution in [-0.2, 0) is 6.54 Å². The maximum absolute atomic E-state index is 4.56. The molecule has 3 nitrogen and oxygen atoms in total. The average molecular weight is 290 g/mol. The molecule has 0 amide bonds. The molecule has 0 radical (unpaired) electrons. The van der Waals surface area contributed by atoms with Gasteiger partial charge >= 0.3 is 0 Å². The molecular formula is C16H20ClN3. The Hall–Kier alpha value is -1.16. The quantitative estimate of drug-likeness (QED) is 0.920. The number of nitrogens with zero attached hydrogens (tertiary/aromatic N) is 2. The maximum Gasteiger partial charge on any atom is 0.0702 e. The molecule has 1 aromatic heterocycles. The predicted octanol–water partition coefficient (Wildman–Crippen LogP) is 2.31. The Morgan fingerprint density at radius 1 is 1.15 bits per heavy atom. The second-order valence-electron chi connectivity index (χ2n) is 5.91. The highest BCUT2D eigenvalue weighted by Crippen LogP contribution is 2.27. The molecule has 2 fully saturated rings. The lowest BCUT2D eigenvalue weighted by Crippen LogP contribution is -2.25. The number of hydrogen-bond acceptors (Lipinski definition) is 3. The lowest BCUT2D eigenvalue weighted by molar-refractivity contribution is 0.305. The van der Waals surface area contributed by atoms with E-state index in [1.807, 2.05) is 12.3 Å². The van der Waals surface area contributed by atoms with Gasteiger partial charge in [0.25, 0.3) is 0 Å². The smallest absolute Gasteiger partial charge is 0.0702 e. The molecule has 0 aliphatic carbocycles. The summed E-state index contributed by atoms with van der Waals surface area (Å²) >= 11 is 0. The van der Waals surface area contributed by atoms with E-state index in [0.29, 0.717) is 0 Å². The van der Waals surface area contributed by atoms with Gasteiger partial charge in [0.05, 0.1) is 5.52 Å². The number of fused-ring (bicyclic) bond motifs is 2. The molecule has 0 unspecified atom stereocenters. The van der Waals surface area contributed by atoms with Crippen LogP contribution in [0.15, 0.2) is 36.5 Å². The zero-order valence-electron chi connectivity index (χ0n) is 11.5. The van der Waals surface area contributed by atoms with E-state index < -0.39 is 0 Å². The molecule has 106 valence electrons. The molecule has 0 spiro atoms. The zero-order valence-corrected chi connectivity index (χ0v) is 12.3. The van der Waals surface area contributed by atoms with Crippen LogP contribution in [0.1, 0.15) is 5.56 Å². The van der Waals surface area contributed by atoms with E-state index in [1.54, 1.807) is 0 Å². The highest BCUT2D eigenvalue weighted by Gasteiger charge is 2.35. The first-order valence-corrected chi connectivity index (χ1v) is 7.15. The third-order valence-corrected chi connectivity index (χ3v) is 4.52. The molecule has 0 bridgehead atoms. The summed E-state index contributed by atoms with van der Waals surface area (Å²) in [6.07, 6.45) is 2.04. The molecule has 2 atom stereocenters. The van der Waals surface area contributed by atoms with Gasteiger partial charge in [-0.15, -0.1) is 12.4 Å². The number of halogens is 1. The van der Waals surface area contributed by atoms with Crippen LogP contribution in [0.25, 0.3) is 10.9 Å². The summed E-state index contributed by atoms with van der Waals surface area (Å²) in [4.78, 5) is 7.14. The maximum atomic E-state index is 4.56. The highest BCUT2D eigenvalue weighted by molar-refractivity contribution is 5.85. The van der Waals surface area contributed by atoms with Gasteiger partial charge in [-0.3, -0.25) is 9.88 Å². The summed E-state index contributed by atoms with van der Waals surface area (Å²) < 4.78 is 0. The SMILES string of the molecule is Cl.c1ccc2ncc(CN3C[C@H]4CNC[C@H]4C3)cc2c1. The van der Waals surface area contributed by atoms with E-state index >= 15 is 0 Å². The number of likely N-dealkylation sites (tertiary alicyclic amines) is 1. The van der Waals surface area contributed by atoms with Gasteiger partial charge in [0.15, 0.2) is 0 Å². The van der Waals surface area contributed by atoms with E-state index in [-0.39, 0.29) is 12.4 Å². The van der Waals surface area contributed by atoms with Crippen molar-refractivity contribution in [2.45, 2.75) is 6.54 Å². The summed E-state index contributed by atoms with van der Waals surface area (Å²) in [5, 5.41) is 4.74. The standard InChI is InChI=1S/C16H19N3.ClH/c1-2-4-16-13(3-1)5-12(6-18-16)9-19-10-14-7-17-8-15(14)11-19;/h1-6,14-15,17H,7-11H2;1H/t14-,15+;. The summed E-state index contributed by atoms with van der Waals surface area (Å²) in [6, 6.07) is 10.6. The Bertz CT molecular complexity index is 589. The van der Waals surface area contributed by atoms with Crippen molar-refractivity contribution in [2.24, 2.45) is 11.8 Å². The highest BCUT2D eigenvalue weighted by atomic mass is 35.5. The van der Waals surface area contributed by atoms with Crippen LogP contribution in [0.5, 0.6) is 0 Å². The van der Waals surface area contributed by atoms with Crippen molar-refractivity contribution in [3.8, 4) is 0 Å². The molecule has 20 heavy (non-hydrogen) atoms. The largest absolute Gasteiger partial charge is 0.316 e. The van der Waals surface area contributed by atoms with E-state index in [9.17, 15) is 0 Å². The van der Waals surface area contributed by atoms with E-state index in [1.165, 1.54) is 37.1 Å². The Balaban J connectivity index is 0.00000121. The van der Waals surface area contributed by atoms with Crippen LogP contribution in [-0.4, -0.2) is 36.1 Å². The topological polar surface area (TPSA) is 28.2 Å². The van der Waals surface area contributed by atoms with Crippen LogP contribution in [0.4, 0.5) is 0 Å². The molecule has 0 saturated carbocycles. The van der Waals surface area contributed by atoms with E-state index in [0.717, 1.165) is 23.9 Å². The molecular weight excluding hydrogens is 270 g/mol. The van der Waals surface area contributed by atoms with Crippen molar-refractivity contribution in [1.29, 1.82) is 0 Å². The summed E-state index contributed by atoms with van der Waals surface area (Å²) in [6.45, 7) is 5.94. The number of aromatic nitrogens is 1. The minimum Gasteiger partial charge on any atom is -0.316 e. The molecule has 2 aliphatic rings. The molecule has 2 aliphatic heterocycles. The van der Waals surface area contributed by atoms with Crippen molar-refractivity contribution in [3.63, 3.8) is 0 Å². The molecule has 4 heteroatoms. The van der Waals surface area contributed by atoms with Crippen molar-refractivity contribution < 1.29 is 0 Å². The van der Waals surface area contributed by atoms with Gasteiger partial charge in [-0.2, -0.15) is 0 Å². The normalized spacial score (nSPS) is 25.6. The van der Waals surface area contributed by atoms with Gasteiger partial charge in [0, 0.05) is 31.2 Å². The van der Waals surface area contributed by atoms with Crippen LogP contribution in [0.3, 0.4) is 0 Å². The van der Waals surface area contributed by atoms with Gasteiger partial charge < -0.3 is 5.32 Å². The Morgan fingerprint density at radius 2 is 1.90 bits per heavy atom. The van der Waals surface area contributed by atoms with E-state index in [2.05, 4.69) is 39.5 Å². The fraction of sp³-hybridized carbons (Fsp3) is 0.438. The molecule has 2 aromatic rings. The minimum atomic E-state index is 0. The summed E-state index contributed by atoms with van der Waals surface area (Å²) in [5.74, 6) is 1.74. The first-order valence-electron chi connectivity index (χ1n) is 7.15. The number of hydrogen-bond donors (Lipinski definition) is 1. The molecule has 1 N–H and O–H groups in total. The van der Waals surface area contributed by atoms with Crippen LogP contribution in [0, 0.1) is 11.8 Å². The summed E-state index contributed by atoms with van der Waals surface area (Å²) in [7, 11) is 0. The van der Waals surface area contributed by atoms with Gasteiger partial charge in [-0.1, -0.05) is 18.2 Å². The number of pyridine rings is 1. The number of para-hydroxylation sites is 1. The number of nitrogens with one attached hydrogen (secondary N) is 1. The lowest BCUT2D eigenvalue weighted by atomic mass is 10.0. The molecule has 2 saturated heterocycles. The van der Waals surface area contributed by atoms with Crippen molar-refractivity contribution in [2.75, 3.05) is 26.2 Å². The second kappa shape index (κ2) is 5.68. The van der Waals surface area contributed by atoms with Crippen molar-refractivity contribution >= 4 is 23.3 Å². The minimum absolute atomic E-state index is 0. The predicted molar refractivity (Wildman–Crippen MR) is 84.1 cm³/mol. The molecule has 3 heterocycles. The second-order valence-corrected chi connectivity index (χ2v) is 5.91. The first-order chi connectivity index (χ1) is 9.38. The fourth-order valence-electron chi connectivity index (χ4n) is 3.54. The van der Waals surface area contributed by atoms with E-state index in [4.69, 9.17) is 0 Å². The van der Waals surface area contributed by atoms with Crippen LogP contribution >= 0.6 is 12.4 Å². The Kier molecular flexibility index (Phi) is 3.92. The number of rotatable bonds is 2. The van der Waals surface area contributed by atoms with Gasteiger partial charge in [0.2, 0.25) is 0 Å². The van der Waals surface area contributed by atoms with Crippen LogP contribution < -0.4 is 5.32 Å². The third-order valence-electron chi connectivity index (χ3n) is 4.52. The summed E-state index contributed by atoms with van der Waals surface area (Å²) in [5.41, 5.74) is 2.43. The van der Waals surface area contributed by atoms with Crippen LogP contribution in [0.2, 0.25) is 0 Å². The van der Waals surface area contributed by atoms with Crippen molar-refractivity contribution in [1.82, 2.24) is 15.2 Å². The monoisotopic (exact) mass is 289 g/mol.